The molecule has 21 heavy (non-hydrogen) atoms. The molecule has 0 saturated carbocycles. The summed E-state index contributed by atoms with van der Waals surface area (Å²) >= 11 is 0. The molecule has 3 N–H and O–H groups in total. The molecule has 0 saturated heterocycles. The molecule has 3 heteroatoms. The van der Waals surface area contributed by atoms with E-state index in [1.807, 2.05) is 35.2 Å². The van der Waals surface area contributed by atoms with E-state index in [9.17, 15) is 5.11 Å². The molecule has 0 spiro atoms. The van der Waals surface area contributed by atoms with Gasteiger partial charge in [-0.05, 0) is 29.3 Å². The maximum Gasteiger partial charge on any atom is 0.128 e. The monoisotopic (exact) mass is 280 g/mol. The maximum absolute atomic E-state index is 10.5. The van der Waals surface area contributed by atoms with Crippen LogP contribution in [-0.2, 0) is 6.54 Å². The highest BCUT2D eigenvalue weighted by Gasteiger charge is 2.20. The highest BCUT2D eigenvalue weighted by Crippen LogP contribution is 2.30. The number of benzene rings is 2. The Morgan fingerprint density at radius 3 is 2.48 bits per heavy atom. The smallest absolute Gasteiger partial charge is 0.128 e. The van der Waals surface area contributed by atoms with Crippen LogP contribution in [0.4, 0.5) is 5.69 Å². The molecule has 0 aromatic heterocycles. The fraction of sp³-hybridized carbons (Fsp3) is 0.222. The first kappa shape index (κ1) is 13.9. The van der Waals surface area contributed by atoms with Gasteiger partial charge in [0.05, 0.1) is 0 Å². The minimum Gasteiger partial charge on any atom is -0.374 e. The molecular weight excluding hydrogens is 260 g/mol. The summed E-state index contributed by atoms with van der Waals surface area (Å²) in [6.45, 7) is 1.15. The number of nitrogens with two attached hydrogens (primary N) is 1. The third-order valence-corrected chi connectivity index (χ3v) is 3.87. The Bertz CT molecular complexity index is 651. The number of fused-ring (bicyclic) bond motifs is 2. The molecule has 3 nitrogen and oxygen atoms in total. The Labute approximate surface area is 125 Å². The molecule has 2 aromatic rings. The van der Waals surface area contributed by atoms with Crippen molar-refractivity contribution in [3.8, 4) is 0 Å². The van der Waals surface area contributed by atoms with E-state index in [0.29, 0.717) is 19.5 Å². The van der Waals surface area contributed by atoms with E-state index in [0.717, 1.165) is 11.3 Å². The van der Waals surface area contributed by atoms with Crippen LogP contribution < -0.4 is 10.6 Å². The fourth-order valence-corrected chi connectivity index (χ4v) is 2.75. The largest absolute Gasteiger partial charge is 0.374 e. The van der Waals surface area contributed by atoms with E-state index >= 15 is 0 Å². The standard InChI is InChI=1S/C18H20N2O/c19-12-11-18(21)20-13-16-7-2-1-5-14(16)9-10-15-6-3-4-8-17(15)20/h1-10,18,21H,11-13,19H2/b10-9-. The van der Waals surface area contributed by atoms with Gasteiger partial charge in [0.25, 0.3) is 0 Å². The van der Waals surface area contributed by atoms with Gasteiger partial charge in [0.2, 0.25) is 0 Å². The first-order chi connectivity index (χ1) is 10.3. The SMILES string of the molecule is NCCC(O)N1Cc2ccccc2/C=C\c2ccccc21. The van der Waals surface area contributed by atoms with E-state index in [4.69, 9.17) is 5.73 Å². The van der Waals surface area contributed by atoms with Gasteiger partial charge in [-0.1, -0.05) is 54.6 Å². The van der Waals surface area contributed by atoms with Crippen LogP contribution in [0.5, 0.6) is 0 Å². The predicted molar refractivity (Wildman–Crippen MR) is 87.7 cm³/mol. The van der Waals surface area contributed by atoms with E-state index in [1.54, 1.807) is 0 Å². The zero-order valence-corrected chi connectivity index (χ0v) is 11.9. The molecule has 1 aliphatic heterocycles. The average molecular weight is 280 g/mol. The van der Waals surface area contributed by atoms with Crippen LogP contribution in [0.2, 0.25) is 0 Å². The van der Waals surface area contributed by atoms with Crippen molar-refractivity contribution in [3.63, 3.8) is 0 Å². The Morgan fingerprint density at radius 2 is 1.67 bits per heavy atom. The maximum atomic E-state index is 10.5. The summed E-state index contributed by atoms with van der Waals surface area (Å²) in [5.74, 6) is 0. The van der Waals surface area contributed by atoms with Crippen molar-refractivity contribution in [2.75, 3.05) is 11.4 Å². The summed E-state index contributed by atoms with van der Waals surface area (Å²) in [6.07, 6.45) is 4.23. The van der Waals surface area contributed by atoms with Crippen LogP contribution in [0, 0.1) is 0 Å². The molecule has 1 atom stereocenters. The molecule has 108 valence electrons. The molecule has 0 amide bonds. The Hall–Kier alpha value is -2.10. The third-order valence-electron chi connectivity index (χ3n) is 3.87. The van der Waals surface area contributed by atoms with Gasteiger partial charge in [0, 0.05) is 18.7 Å². The molecule has 1 heterocycles. The van der Waals surface area contributed by atoms with Gasteiger partial charge in [0.15, 0.2) is 0 Å². The van der Waals surface area contributed by atoms with Crippen molar-refractivity contribution in [2.24, 2.45) is 5.73 Å². The number of para-hydroxylation sites is 1. The predicted octanol–water partition coefficient (Wildman–Crippen LogP) is 2.84. The van der Waals surface area contributed by atoms with Crippen LogP contribution in [0.25, 0.3) is 12.2 Å². The van der Waals surface area contributed by atoms with Crippen LogP contribution in [0.1, 0.15) is 23.1 Å². The molecular formula is C18H20N2O. The zero-order chi connectivity index (χ0) is 14.7. The lowest BCUT2D eigenvalue weighted by atomic mass is 10.0. The summed E-state index contributed by atoms with van der Waals surface area (Å²) in [5, 5.41) is 10.5. The second kappa shape index (κ2) is 6.12. The minimum atomic E-state index is -0.573. The first-order valence-electron chi connectivity index (χ1n) is 7.29. The van der Waals surface area contributed by atoms with Gasteiger partial charge in [0.1, 0.15) is 6.23 Å². The molecule has 0 fully saturated rings. The number of nitrogens with zero attached hydrogens (tertiary/aromatic N) is 1. The second-order valence-corrected chi connectivity index (χ2v) is 5.28. The number of anilines is 1. The summed E-state index contributed by atoms with van der Waals surface area (Å²) in [4.78, 5) is 2.03. The molecule has 1 aliphatic rings. The van der Waals surface area contributed by atoms with Gasteiger partial charge in [-0.3, -0.25) is 0 Å². The summed E-state index contributed by atoms with van der Waals surface area (Å²) < 4.78 is 0. The summed E-state index contributed by atoms with van der Waals surface area (Å²) in [6, 6.07) is 16.4. The fourth-order valence-electron chi connectivity index (χ4n) is 2.75. The Balaban J connectivity index is 2.09. The van der Waals surface area contributed by atoms with Gasteiger partial charge in [-0.15, -0.1) is 0 Å². The quantitative estimate of drug-likeness (QED) is 0.909. The summed E-state index contributed by atoms with van der Waals surface area (Å²) in [7, 11) is 0. The molecule has 0 bridgehead atoms. The molecule has 2 aromatic carbocycles. The topological polar surface area (TPSA) is 49.5 Å². The molecule has 0 aliphatic carbocycles. The van der Waals surface area contributed by atoms with Crippen molar-refractivity contribution in [1.29, 1.82) is 0 Å². The minimum absolute atomic E-state index is 0.470. The first-order valence-corrected chi connectivity index (χ1v) is 7.29. The Kier molecular flexibility index (Phi) is 4.04. The van der Waals surface area contributed by atoms with E-state index < -0.39 is 6.23 Å². The average Bonchev–Trinajstić information content (AvgIpc) is 2.50. The van der Waals surface area contributed by atoms with Crippen molar-refractivity contribution < 1.29 is 5.11 Å². The number of rotatable bonds is 3. The molecule has 0 radical (unpaired) electrons. The van der Waals surface area contributed by atoms with Crippen molar-refractivity contribution in [2.45, 2.75) is 19.2 Å². The van der Waals surface area contributed by atoms with Crippen LogP contribution in [0.15, 0.2) is 48.5 Å². The van der Waals surface area contributed by atoms with Crippen LogP contribution >= 0.6 is 0 Å². The zero-order valence-electron chi connectivity index (χ0n) is 11.9. The summed E-state index contributed by atoms with van der Waals surface area (Å²) in [5.41, 5.74) is 10.2. The van der Waals surface area contributed by atoms with Crippen molar-refractivity contribution >= 4 is 17.8 Å². The van der Waals surface area contributed by atoms with E-state index in [-0.39, 0.29) is 0 Å². The highest BCUT2D eigenvalue weighted by molar-refractivity contribution is 5.79. The van der Waals surface area contributed by atoms with E-state index in [1.165, 1.54) is 11.1 Å². The highest BCUT2D eigenvalue weighted by atomic mass is 16.3. The van der Waals surface area contributed by atoms with Gasteiger partial charge < -0.3 is 15.7 Å². The Morgan fingerprint density at radius 1 is 1.00 bits per heavy atom. The van der Waals surface area contributed by atoms with Crippen molar-refractivity contribution in [1.82, 2.24) is 0 Å². The third kappa shape index (κ3) is 2.84. The van der Waals surface area contributed by atoms with Gasteiger partial charge in [-0.2, -0.15) is 0 Å². The lowest BCUT2D eigenvalue weighted by Crippen LogP contribution is -2.37. The normalized spacial score (nSPS) is 16.4. The van der Waals surface area contributed by atoms with Gasteiger partial charge in [-0.25, -0.2) is 0 Å². The van der Waals surface area contributed by atoms with Crippen LogP contribution in [0.3, 0.4) is 0 Å². The second-order valence-electron chi connectivity index (χ2n) is 5.28. The lowest BCUT2D eigenvalue weighted by Gasteiger charge is -2.32. The van der Waals surface area contributed by atoms with Crippen LogP contribution in [-0.4, -0.2) is 17.9 Å². The number of aliphatic hydroxyl groups excluding tert-OH is 1. The number of hydrogen-bond donors (Lipinski definition) is 2. The molecule has 1 unspecified atom stereocenters. The molecule has 3 rings (SSSR count). The number of hydrogen-bond acceptors (Lipinski definition) is 3. The van der Waals surface area contributed by atoms with Crippen molar-refractivity contribution in [3.05, 3.63) is 65.2 Å². The van der Waals surface area contributed by atoms with E-state index in [2.05, 4.69) is 30.4 Å². The lowest BCUT2D eigenvalue weighted by molar-refractivity contribution is 0.159. The number of aliphatic hydroxyl groups is 1. The van der Waals surface area contributed by atoms with Gasteiger partial charge >= 0.3 is 0 Å².